The number of hydrogen-bond acceptors (Lipinski definition) is 3. The maximum absolute atomic E-state index is 13.7. The van der Waals surface area contributed by atoms with Gasteiger partial charge in [-0.05, 0) is 43.9 Å². The molecule has 2 aliphatic carbocycles. The predicted molar refractivity (Wildman–Crippen MR) is 79.5 cm³/mol. The largest absolute Gasteiger partial charge is 0.481 e. The Balaban J connectivity index is 1.29. The molecule has 1 N–H and O–H groups in total. The molecule has 0 radical (unpaired) electrons. The molecule has 4 fully saturated rings. The lowest BCUT2D eigenvalue weighted by Crippen LogP contribution is -2.48. The number of ether oxygens (including phenoxy) is 1. The summed E-state index contributed by atoms with van der Waals surface area (Å²) in [5.41, 5.74) is -1.45. The standard InChI is InChI=1S/C17H23F2NO4/c18-17(19)13(15(22)23)16(17)7-12(8-16)14(21)20-4-1-10(2-5-20)11-3-6-24-9-11/h10-13H,1-9H2,(H,22,23). The molecule has 1 amide bonds. The van der Waals surface area contributed by atoms with Crippen molar-refractivity contribution < 1.29 is 28.2 Å². The second-order valence-electron chi connectivity index (χ2n) is 7.94. The van der Waals surface area contributed by atoms with Gasteiger partial charge in [-0.1, -0.05) is 0 Å². The van der Waals surface area contributed by atoms with Crippen LogP contribution in [-0.2, 0) is 14.3 Å². The van der Waals surface area contributed by atoms with Gasteiger partial charge in [0.25, 0.3) is 5.92 Å². The maximum atomic E-state index is 13.7. The minimum atomic E-state index is -3.15. The number of nitrogens with zero attached hydrogens (tertiary/aromatic N) is 1. The van der Waals surface area contributed by atoms with E-state index in [1.165, 1.54) is 0 Å². The number of amides is 1. The number of piperidine rings is 1. The number of carboxylic acids is 1. The van der Waals surface area contributed by atoms with Gasteiger partial charge in [0, 0.05) is 32.2 Å². The molecular formula is C17H23F2NO4. The van der Waals surface area contributed by atoms with Crippen LogP contribution in [-0.4, -0.2) is 54.1 Å². The normalized spacial score (nSPS) is 41.2. The van der Waals surface area contributed by atoms with Gasteiger partial charge in [0.05, 0.1) is 5.41 Å². The van der Waals surface area contributed by atoms with Gasteiger partial charge >= 0.3 is 5.97 Å². The Bertz CT molecular complexity index is 547. The number of alkyl halides is 2. The van der Waals surface area contributed by atoms with Crippen LogP contribution in [0.25, 0.3) is 0 Å². The number of carboxylic acid groups (broad SMARTS) is 1. The van der Waals surface area contributed by atoms with Crippen LogP contribution >= 0.6 is 0 Å². The first-order valence-electron chi connectivity index (χ1n) is 8.84. The summed E-state index contributed by atoms with van der Waals surface area (Å²) < 4.78 is 32.9. The highest BCUT2D eigenvalue weighted by atomic mass is 19.3. The molecule has 24 heavy (non-hydrogen) atoms. The summed E-state index contributed by atoms with van der Waals surface area (Å²) in [6.45, 7) is 3.01. The van der Waals surface area contributed by atoms with E-state index in [0.717, 1.165) is 32.5 Å². The van der Waals surface area contributed by atoms with Crippen LogP contribution in [0.3, 0.4) is 0 Å². The van der Waals surface area contributed by atoms with Crippen LogP contribution in [0.4, 0.5) is 8.78 Å². The first kappa shape index (κ1) is 16.2. The maximum Gasteiger partial charge on any atom is 0.313 e. The fourth-order valence-electron chi connectivity index (χ4n) is 5.18. The fraction of sp³-hybridized carbons (Fsp3) is 0.882. The van der Waals surface area contributed by atoms with Crippen LogP contribution in [0.15, 0.2) is 0 Å². The molecule has 7 heteroatoms. The summed E-state index contributed by atoms with van der Waals surface area (Å²) in [5, 5.41) is 8.91. The Labute approximate surface area is 139 Å². The number of rotatable bonds is 3. The fourth-order valence-corrected chi connectivity index (χ4v) is 5.18. The van der Waals surface area contributed by atoms with Gasteiger partial charge in [-0.15, -0.1) is 0 Å². The zero-order valence-corrected chi connectivity index (χ0v) is 13.5. The smallest absolute Gasteiger partial charge is 0.313 e. The Morgan fingerprint density at radius 2 is 1.75 bits per heavy atom. The minimum Gasteiger partial charge on any atom is -0.481 e. The number of halogens is 2. The molecule has 4 aliphatic rings. The van der Waals surface area contributed by atoms with Crippen LogP contribution in [0.2, 0.25) is 0 Å². The predicted octanol–water partition coefficient (Wildman–Crippen LogP) is 2.01. The van der Waals surface area contributed by atoms with Crippen molar-refractivity contribution in [2.24, 2.45) is 29.1 Å². The van der Waals surface area contributed by atoms with Crippen molar-refractivity contribution in [3.63, 3.8) is 0 Å². The van der Waals surface area contributed by atoms with Gasteiger partial charge in [-0.25, -0.2) is 8.78 Å². The van der Waals surface area contributed by atoms with Crippen molar-refractivity contribution in [2.75, 3.05) is 26.3 Å². The van der Waals surface area contributed by atoms with Crippen LogP contribution in [0, 0.1) is 29.1 Å². The highest BCUT2D eigenvalue weighted by Gasteiger charge is 2.87. The van der Waals surface area contributed by atoms with E-state index in [1.54, 1.807) is 4.90 Å². The molecule has 5 nitrogen and oxygen atoms in total. The number of likely N-dealkylation sites (tertiary alicyclic amines) is 1. The summed E-state index contributed by atoms with van der Waals surface area (Å²) in [7, 11) is 0. The number of carbonyl (C=O) groups excluding carboxylic acids is 1. The first-order chi connectivity index (χ1) is 11.4. The van der Waals surface area contributed by atoms with E-state index in [9.17, 15) is 18.4 Å². The summed E-state index contributed by atoms with van der Waals surface area (Å²) in [6.07, 6.45) is 3.03. The number of carbonyl (C=O) groups is 2. The average molecular weight is 343 g/mol. The molecule has 2 heterocycles. The summed E-state index contributed by atoms with van der Waals surface area (Å²) >= 11 is 0. The molecule has 2 aliphatic heterocycles. The topological polar surface area (TPSA) is 66.8 Å². The van der Waals surface area contributed by atoms with Gasteiger partial charge in [-0.2, -0.15) is 0 Å². The number of hydrogen-bond donors (Lipinski definition) is 1. The number of aliphatic carboxylic acids is 1. The molecule has 0 aromatic heterocycles. The Morgan fingerprint density at radius 3 is 2.25 bits per heavy atom. The van der Waals surface area contributed by atoms with Gasteiger partial charge < -0.3 is 14.7 Å². The molecule has 2 atom stereocenters. The SMILES string of the molecule is O=C(O)C1C(F)(F)C12CC(C(=O)N1CCC(C3CCOC3)CC1)C2. The van der Waals surface area contributed by atoms with Gasteiger partial charge in [0.15, 0.2) is 0 Å². The highest BCUT2D eigenvalue weighted by molar-refractivity contribution is 5.84. The molecule has 2 saturated carbocycles. The van der Waals surface area contributed by atoms with Gasteiger partial charge in [-0.3, -0.25) is 9.59 Å². The zero-order chi connectivity index (χ0) is 17.1. The summed E-state index contributed by atoms with van der Waals surface area (Å²) in [6, 6.07) is 0. The van der Waals surface area contributed by atoms with Crippen molar-refractivity contribution in [1.29, 1.82) is 0 Å². The molecule has 0 bridgehead atoms. The molecule has 0 aromatic carbocycles. The molecule has 0 aromatic rings. The highest BCUT2D eigenvalue weighted by Crippen LogP contribution is 2.77. The molecular weight excluding hydrogens is 320 g/mol. The lowest BCUT2D eigenvalue weighted by Gasteiger charge is -2.41. The Kier molecular flexibility index (Phi) is 3.64. The van der Waals surface area contributed by atoms with Crippen molar-refractivity contribution in [3.05, 3.63) is 0 Å². The van der Waals surface area contributed by atoms with E-state index in [4.69, 9.17) is 9.84 Å². The minimum absolute atomic E-state index is 0.0200. The van der Waals surface area contributed by atoms with Crippen LogP contribution in [0.1, 0.15) is 32.1 Å². The van der Waals surface area contributed by atoms with Crippen molar-refractivity contribution in [3.8, 4) is 0 Å². The third-order valence-electron chi connectivity index (χ3n) is 6.80. The lowest BCUT2D eigenvalue weighted by molar-refractivity contribution is -0.146. The van der Waals surface area contributed by atoms with Gasteiger partial charge in [0.2, 0.25) is 5.91 Å². The molecule has 4 rings (SSSR count). The molecule has 2 unspecified atom stereocenters. The Morgan fingerprint density at radius 1 is 1.08 bits per heavy atom. The zero-order valence-electron chi connectivity index (χ0n) is 13.5. The second kappa shape index (κ2) is 5.38. The van der Waals surface area contributed by atoms with Crippen molar-refractivity contribution in [1.82, 2.24) is 4.90 Å². The van der Waals surface area contributed by atoms with E-state index in [0.29, 0.717) is 24.9 Å². The van der Waals surface area contributed by atoms with Crippen molar-refractivity contribution in [2.45, 2.75) is 38.0 Å². The summed E-state index contributed by atoms with van der Waals surface area (Å²) in [4.78, 5) is 25.3. The quantitative estimate of drug-likeness (QED) is 0.851. The second-order valence-corrected chi connectivity index (χ2v) is 7.94. The van der Waals surface area contributed by atoms with Gasteiger partial charge in [0.1, 0.15) is 5.92 Å². The van der Waals surface area contributed by atoms with E-state index >= 15 is 0 Å². The third-order valence-corrected chi connectivity index (χ3v) is 6.80. The first-order valence-corrected chi connectivity index (χ1v) is 8.84. The summed E-state index contributed by atoms with van der Waals surface area (Å²) in [5.74, 6) is -5.48. The lowest BCUT2D eigenvalue weighted by atomic mass is 9.69. The Hall–Kier alpha value is -1.24. The van der Waals surface area contributed by atoms with E-state index in [-0.39, 0.29) is 18.7 Å². The third kappa shape index (κ3) is 2.20. The van der Waals surface area contributed by atoms with E-state index in [2.05, 4.69) is 0 Å². The monoisotopic (exact) mass is 343 g/mol. The van der Waals surface area contributed by atoms with Crippen LogP contribution in [0.5, 0.6) is 0 Å². The molecule has 2 saturated heterocycles. The molecule has 1 spiro atoms. The molecule has 134 valence electrons. The van der Waals surface area contributed by atoms with Crippen LogP contribution < -0.4 is 0 Å². The average Bonchev–Trinajstić information content (AvgIpc) is 2.87. The van der Waals surface area contributed by atoms with Crippen molar-refractivity contribution >= 4 is 11.9 Å². The van der Waals surface area contributed by atoms with E-state index < -0.39 is 29.1 Å². The van der Waals surface area contributed by atoms with E-state index in [1.807, 2.05) is 0 Å².